The fourth-order valence-electron chi connectivity index (χ4n) is 2.15. The lowest BCUT2D eigenvalue weighted by Gasteiger charge is -2.16. The summed E-state index contributed by atoms with van der Waals surface area (Å²) < 4.78 is 6.63. The van der Waals surface area contributed by atoms with E-state index in [1.165, 1.54) is 0 Å². The SMILES string of the molecule is CCOC(=O)c1c(NC(=O)CC(C)(C)C)nn2ccccc12. The molecule has 2 heterocycles. The van der Waals surface area contributed by atoms with Gasteiger partial charge in [0.1, 0.15) is 5.56 Å². The minimum Gasteiger partial charge on any atom is -0.462 e. The van der Waals surface area contributed by atoms with Crippen molar-refractivity contribution >= 4 is 23.2 Å². The Morgan fingerprint density at radius 3 is 2.68 bits per heavy atom. The molecule has 0 aliphatic heterocycles. The Morgan fingerprint density at radius 1 is 1.32 bits per heavy atom. The molecule has 0 aliphatic rings. The molecule has 22 heavy (non-hydrogen) atoms. The number of hydrogen-bond acceptors (Lipinski definition) is 4. The molecule has 118 valence electrons. The monoisotopic (exact) mass is 303 g/mol. The second-order valence-corrected chi connectivity index (χ2v) is 6.26. The first-order valence-electron chi connectivity index (χ1n) is 7.26. The molecule has 0 bridgehead atoms. The van der Waals surface area contributed by atoms with Crippen molar-refractivity contribution in [1.29, 1.82) is 0 Å². The number of nitrogens with zero attached hydrogens (tertiary/aromatic N) is 2. The summed E-state index contributed by atoms with van der Waals surface area (Å²) in [5, 5.41) is 6.99. The van der Waals surface area contributed by atoms with Crippen LogP contribution in [0.3, 0.4) is 0 Å². The fourth-order valence-corrected chi connectivity index (χ4v) is 2.15. The van der Waals surface area contributed by atoms with Gasteiger partial charge in [0.2, 0.25) is 5.91 Å². The smallest absolute Gasteiger partial charge is 0.344 e. The van der Waals surface area contributed by atoms with E-state index in [2.05, 4.69) is 10.4 Å². The van der Waals surface area contributed by atoms with Crippen LogP contribution in [0.15, 0.2) is 24.4 Å². The Labute approximate surface area is 129 Å². The highest BCUT2D eigenvalue weighted by atomic mass is 16.5. The number of ether oxygens (including phenoxy) is 1. The molecule has 6 heteroatoms. The van der Waals surface area contributed by atoms with Gasteiger partial charge in [-0.05, 0) is 24.5 Å². The van der Waals surface area contributed by atoms with E-state index in [0.29, 0.717) is 11.9 Å². The molecule has 6 nitrogen and oxygen atoms in total. The summed E-state index contributed by atoms with van der Waals surface area (Å²) in [4.78, 5) is 24.3. The summed E-state index contributed by atoms with van der Waals surface area (Å²) in [6.45, 7) is 7.92. The lowest BCUT2D eigenvalue weighted by atomic mass is 9.92. The highest BCUT2D eigenvalue weighted by Gasteiger charge is 2.24. The van der Waals surface area contributed by atoms with E-state index in [0.717, 1.165) is 0 Å². The van der Waals surface area contributed by atoms with Gasteiger partial charge < -0.3 is 10.1 Å². The number of carbonyl (C=O) groups is 2. The molecule has 0 spiro atoms. The van der Waals surface area contributed by atoms with Gasteiger partial charge in [-0.3, -0.25) is 4.79 Å². The Bertz CT molecular complexity index is 698. The third kappa shape index (κ3) is 3.63. The van der Waals surface area contributed by atoms with Gasteiger partial charge in [-0.25, -0.2) is 9.31 Å². The molecule has 0 aromatic carbocycles. The largest absolute Gasteiger partial charge is 0.462 e. The molecule has 1 N–H and O–H groups in total. The average molecular weight is 303 g/mol. The van der Waals surface area contributed by atoms with Crippen LogP contribution in [0, 0.1) is 5.41 Å². The maximum atomic E-state index is 12.2. The van der Waals surface area contributed by atoms with Crippen LogP contribution in [-0.2, 0) is 9.53 Å². The third-order valence-electron chi connectivity index (χ3n) is 2.97. The van der Waals surface area contributed by atoms with E-state index in [-0.39, 0.29) is 29.3 Å². The summed E-state index contributed by atoms with van der Waals surface area (Å²) in [7, 11) is 0. The van der Waals surface area contributed by atoms with Gasteiger partial charge in [-0.15, -0.1) is 5.10 Å². The van der Waals surface area contributed by atoms with Crippen LogP contribution in [0.1, 0.15) is 44.5 Å². The lowest BCUT2D eigenvalue weighted by molar-refractivity contribution is -0.117. The average Bonchev–Trinajstić information content (AvgIpc) is 2.74. The Hall–Kier alpha value is -2.37. The molecule has 2 aromatic heterocycles. The van der Waals surface area contributed by atoms with Gasteiger partial charge in [0.25, 0.3) is 0 Å². The molecule has 0 saturated heterocycles. The zero-order valence-corrected chi connectivity index (χ0v) is 13.3. The quantitative estimate of drug-likeness (QED) is 0.881. The van der Waals surface area contributed by atoms with E-state index < -0.39 is 5.97 Å². The van der Waals surface area contributed by atoms with Crippen LogP contribution in [-0.4, -0.2) is 28.1 Å². The van der Waals surface area contributed by atoms with Crippen molar-refractivity contribution in [2.45, 2.75) is 34.1 Å². The van der Waals surface area contributed by atoms with Crippen molar-refractivity contribution in [2.75, 3.05) is 11.9 Å². The number of carbonyl (C=O) groups excluding carboxylic acids is 2. The number of fused-ring (bicyclic) bond motifs is 1. The maximum Gasteiger partial charge on any atom is 0.344 e. The molecule has 1 amide bonds. The van der Waals surface area contributed by atoms with Crippen molar-refractivity contribution in [3.63, 3.8) is 0 Å². The molecule has 0 fully saturated rings. The van der Waals surface area contributed by atoms with Crippen LogP contribution >= 0.6 is 0 Å². The topological polar surface area (TPSA) is 72.7 Å². The van der Waals surface area contributed by atoms with Crippen LogP contribution in [0.25, 0.3) is 5.52 Å². The normalized spacial score (nSPS) is 11.5. The van der Waals surface area contributed by atoms with E-state index in [1.54, 1.807) is 35.8 Å². The summed E-state index contributed by atoms with van der Waals surface area (Å²) in [6, 6.07) is 5.37. The predicted octanol–water partition coefficient (Wildman–Crippen LogP) is 2.89. The minimum absolute atomic E-state index is 0.146. The molecular weight excluding hydrogens is 282 g/mol. The first-order valence-corrected chi connectivity index (χ1v) is 7.26. The standard InChI is InChI=1S/C16H21N3O3/c1-5-22-15(21)13-11-8-6-7-9-19(11)18-14(13)17-12(20)10-16(2,3)4/h6-9H,5,10H2,1-4H3,(H,17,18,20). The molecule has 0 saturated carbocycles. The maximum absolute atomic E-state index is 12.2. The van der Waals surface area contributed by atoms with Crippen molar-refractivity contribution < 1.29 is 14.3 Å². The van der Waals surface area contributed by atoms with Crippen molar-refractivity contribution in [2.24, 2.45) is 5.41 Å². The van der Waals surface area contributed by atoms with Gasteiger partial charge in [-0.1, -0.05) is 26.8 Å². The second-order valence-electron chi connectivity index (χ2n) is 6.26. The fraction of sp³-hybridized carbons (Fsp3) is 0.438. The van der Waals surface area contributed by atoms with Crippen molar-refractivity contribution in [3.05, 3.63) is 30.0 Å². The number of nitrogens with one attached hydrogen (secondary N) is 1. The van der Waals surface area contributed by atoms with Crippen LogP contribution < -0.4 is 5.32 Å². The Balaban J connectivity index is 2.38. The molecule has 0 radical (unpaired) electrons. The van der Waals surface area contributed by atoms with Crippen molar-refractivity contribution in [1.82, 2.24) is 9.61 Å². The summed E-state index contributed by atoms with van der Waals surface area (Å²) in [6.07, 6.45) is 2.06. The molecule has 2 aromatic rings. The van der Waals surface area contributed by atoms with Crippen LogP contribution in [0.5, 0.6) is 0 Å². The summed E-state index contributed by atoms with van der Waals surface area (Å²) >= 11 is 0. The second kappa shape index (κ2) is 6.17. The lowest BCUT2D eigenvalue weighted by Crippen LogP contribution is -2.21. The number of rotatable bonds is 4. The van der Waals surface area contributed by atoms with Crippen molar-refractivity contribution in [3.8, 4) is 0 Å². The van der Waals surface area contributed by atoms with Crippen LogP contribution in [0.4, 0.5) is 5.82 Å². The number of amides is 1. The number of anilines is 1. The minimum atomic E-state index is -0.491. The highest BCUT2D eigenvalue weighted by Crippen LogP contribution is 2.24. The van der Waals surface area contributed by atoms with Gasteiger partial charge >= 0.3 is 5.97 Å². The third-order valence-corrected chi connectivity index (χ3v) is 2.97. The number of pyridine rings is 1. The van der Waals surface area contributed by atoms with Gasteiger partial charge in [0, 0.05) is 12.6 Å². The van der Waals surface area contributed by atoms with Gasteiger partial charge in [0.05, 0.1) is 12.1 Å². The van der Waals surface area contributed by atoms with Crippen LogP contribution in [0.2, 0.25) is 0 Å². The number of hydrogen-bond donors (Lipinski definition) is 1. The highest BCUT2D eigenvalue weighted by molar-refractivity contribution is 6.05. The zero-order valence-electron chi connectivity index (χ0n) is 13.3. The van der Waals surface area contributed by atoms with E-state index in [9.17, 15) is 9.59 Å². The first-order chi connectivity index (χ1) is 10.3. The molecule has 0 atom stereocenters. The number of aromatic nitrogens is 2. The zero-order chi connectivity index (χ0) is 16.3. The Kier molecular flexibility index (Phi) is 4.49. The van der Waals surface area contributed by atoms with E-state index in [1.807, 2.05) is 20.8 Å². The summed E-state index contributed by atoms with van der Waals surface area (Å²) in [5.74, 6) is -0.435. The van der Waals surface area contributed by atoms with Gasteiger partial charge in [-0.2, -0.15) is 0 Å². The molecular formula is C16H21N3O3. The summed E-state index contributed by atoms with van der Waals surface area (Å²) in [5.41, 5.74) is 0.740. The van der Waals surface area contributed by atoms with E-state index >= 15 is 0 Å². The Morgan fingerprint density at radius 2 is 2.05 bits per heavy atom. The first kappa shape index (κ1) is 16.0. The molecule has 2 rings (SSSR count). The molecule has 0 unspecified atom stereocenters. The predicted molar refractivity (Wildman–Crippen MR) is 83.9 cm³/mol. The van der Waals surface area contributed by atoms with Gasteiger partial charge in [0.15, 0.2) is 5.82 Å². The molecule has 0 aliphatic carbocycles. The number of esters is 1. The van der Waals surface area contributed by atoms with E-state index in [4.69, 9.17) is 4.74 Å².